The summed E-state index contributed by atoms with van der Waals surface area (Å²) in [6.07, 6.45) is -3.48. The fourth-order valence-corrected chi connectivity index (χ4v) is 2.31. The van der Waals surface area contributed by atoms with E-state index in [0.29, 0.717) is 24.1 Å². The number of hydrogen-bond acceptors (Lipinski definition) is 2. The first-order chi connectivity index (χ1) is 9.69. The molecule has 0 aliphatic heterocycles. The normalized spacial score (nSPS) is 11.8. The maximum absolute atomic E-state index is 12.8. The zero-order valence-corrected chi connectivity index (χ0v) is 12.5. The number of amides is 1. The summed E-state index contributed by atoms with van der Waals surface area (Å²) in [6.45, 7) is 3.99. The lowest BCUT2D eigenvalue weighted by atomic mass is 10.0. The Balaban J connectivity index is 3.18. The summed E-state index contributed by atoms with van der Waals surface area (Å²) >= 11 is 0. The first-order valence-electron chi connectivity index (χ1n) is 6.93. The van der Waals surface area contributed by atoms with Gasteiger partial charge in [0.1, 0.15) is 6.54 Å². The Morgan fingerprint density at radius 2 is 1.86 bits per heavy atom. The highest BCUT2D eigenvalue weighted by Gasteiger charge is 2.36. The van der Waals surface area contributed by atoms with Crippen molar-refractivity contribution in [2.75, 3.05) is 12.3 Å². The minimum Gasteiger partial charge on any atom is -0.399 e. The van der Waals surface area contributed by atoms with Crippen LogP contribution in [0.3, 0.4) is 0 Å². The lowest BCUT2D eigenvalue weighted by molar-refractivity contribution is -0.144. The van der Waals surface area contributed by atoms with Crippen LogP contribution < -0.4 is 5.73 Å². The molecule has 21 heavy (non-hydrogen) atoms. The highest BCUT2D eigenvalue weighted by atomic mass is 19.4. The summed E-state index contributed by atoms with van der Waals surface area (Å²) in [4.78, 5) is 13.4. The van der Waals surface area contributed by atoms with Crippen LogP contribution >= 0.6 is 0 Å². The third-order valence-electron chi connectivity index (χ3n) is 3.49. The molecule has 0 heterocycles. The van der Waals surface area contributed by atoms with E-state index in [4.69, 9.17) is 5.73 Å². The number of anilines is 1. The maximum Gasteiger partial charge on any atom is 0.406 e. The van der Waals surface area contributed by atoms with E-state index < -0.39 is 24.7 Å². The average Bonchev–Trinajstić information content (AvgIpc) is 2.39. The Morgan fingerprint density at radius 1 is 1.29 bits per heavy atom. The predicted octanol–water partition coefficient (Wildman–Crippen LogP) is 3.77. The summed E-state index contributed by atoms with van der Waals surface area (Å²) < 4.78 is 38.3. The molecule has 0 atom stereocenters. The SMILES string of the molecule is CCC(CC)N(CC(F)(F)F)C(=O)c1cc(N)ccc1C. The Labute approximate surface area is 122 Å². The summed E-state index contributed by atoms with van der Waals surface area (Å²) in [6, 6.07) is 4.25. The molecule has 6 heteroatoms. The van der Waals surface area contributed by atoms with Crippen molar-refractivity contribution in [3.8, 4) is 0 Å². The van der Waals surface area contributed by atoms with Gasteiger partial charge in [-0.3, -0.25) is 4.79 Å². The van der Waals surface area contributed by atoms with Crippen molar-refractivity contribution in [1.82, 2.24) is 4.90 Å². The van der Waals surface area contributed by atoms with E-state index in [2.05, 4.69) is 0 Å². The lowest BCUT2D eigenvalue weighted by Gasteiger charge is -2.31. The van der Waals surface area contributed by atoms with E-state index in [0.717, 1.165) is 4.90 Å². The number of benzene rings is 1. The molecule has 0 unspecified atom stereocenters. The number of nitrogens with zero attached hydrogens (tertiary/aromatic N) is 1. The topological polar surface area (TPSA) is 46.3 Å². The number of carbonyl (C=O) groups excluding carboxylic acids is 1. The van der Waals surface area contributed by atoms with E-state index in [-0.39, 0.29) is 5.56 Å². The fraction of sp³-hybridized carbons (Fsp3) is 0.533. The quantitative estimate of drug-likeness (QED) is 0.842. The van der Waals surface area contributed by atoms with Gasteiger partial charge in [0.2, 0.25) is 0 Å². The number of alkyl halides is 3. The van der Waals surface area contributed by atoms with E-state index in [1.807, 2.05) is 0 Å². The van der Waals surface area contributed by atoms with E-state index in [9.17, 15) is 18.0 Å². The smallest absolute Gasteiger partial charge is 0.399 e. The molecule has 0 aromatic heterocycles. The van der Waals surface area contributed by atoms with Crippen molar-refractivity contribution in [1.29, 1.82) is 0 Å². The zero-order chi connectivity index (χ0) is 16.2. The van der Waals surface area contributed by atoms with Gasteiger partial charge in [-0.1, -0.05) is 19.9 Å². The van der Waals surface area contributed by atoms with Crippen molar-refractivity contribution in [3.05, 3.63) is 29.3 Å². The number of nitrogens with two attached hydrogens (primary N) is 1. The molecule has 0 saturated heterocycles. The highest BCUT2D eigenvalue weighted by Crippen LogP contribution is 2.24. The van der Waals surface area contributed by atoms with E-state index >= 15 is 0 Å². The number of carbonyl (C=O) groups is 1. The first kappa shape index (κ1) is 17.3. The molecule has 0 fully saturated rings. The molecule has 3 nitrogen and oxygen atoms in total. The molecule has 1 aromatic carbocycles. The second-order valence-corrected chi connectivity index (χ2v) is 5.09. The molecule has 118 valence electrons. The fourth-order valence-electron chi connectivity index (χ4n) is 2.31. The molecular weight excluding hydrogens is 281 g/mol. The molecule has 0 spiro atoms. The van der Waals surface area contributed by atoms with Crippen molar-refractivity contribution in [2.24, 2.45) is 0 Å². The van der Waals surface area contributed by atoms with Gasteiger partial charge in [0, 0.05) is 17.3 Å². The molecule has 0 bridgehead atoms. The van der Waals surface area contributed by atoms with Crippen LogP contribution in [-0.4, -0.2) is 29.6 Å². The maximum atomic E-state index is 12.8. The number of nitrogen functional groups attached to an aromatic ring is 1. The summed E-state index contributed by atoms with van der Waals surface area (Å²) in [5.41, 5.74) is 6.85. The van der Waals surface area contributed by atoms with Gasteiger partial charge in [-0.2, -0.15) is 13.2 Å². The van der Waals surface area contributed by atoms with Crippen LogP contribution in [0.5, 0.6) is 0 Å². The number of halogens is 3. The predicted molar refractivity (Wildman–Crippen MR) is 77.1 cm³/mol. The van der Waals surface area contributed by atoms with Gasteiger partial charge in [0.15, 0.2) is 0 Å². The molecule has 0 radical (unpaired) electrons. The molecule has 0 saturated carbocycles. The summed E-state index contributed by atoms with van der Waals surface area (Å²) in [5, 5.41) is 0. The van der Waals surface area contributed by atoms with Crippen LogP contribution in [0.4, 0.5) is 18.9 Å². The van der Waals surface area contributed by atoms with Gasteiger partial charge in [-0.25, -0.2) is 0 Å². The summed E-state index contributed by atoms with van der Waals surface area (Å²) in [5.74, 6) is -0.620. The van der Waals surface area contributed by atoms with Gasteiger partial charge >= 0.3 is 6.18 Å². The average molecular weight is 302 g/mol. The third-order valence-corrected chi connectivity index (χ3v) is 3.49. The Bertz CT molecular complexity index is 496. The van der Waals surface area contributed by atoms with Crippen molar-refractivity contribution in [3.63, 3.8) is 0 Å². The van der Waals surface area contributed by atoms with Crippen molar-refractivity contribution < 1.29 is 18.0 Å². The lowest BCUT2D eigenvalue weighted by Crippen LogP contribution is -2.45. The second-order valence-electron chi connectivity index (χ2n) is 5.09. The standard InChI is InChI=1S/C15H21F3N2O/c1-4-12(5-2)20(9-15(16,17)18)14(21)13-8-11(19)7-6-10(13)3/h6-8,12H,4-5,9,19H2,1-3H3. The molecule has 1 rings (SSSR count). The monoisotopic (exact) mass is 302 g/mol. The molecule has 2 N–H and O–H groups in total. The molecular formula is C15H21F3N2O. The Morgan fingerprint density at radius 3 is 2.33 bits per heavy atom. The van der Waals surface area contributed by atoms with Crippen LogP contribution in [0.25, 0.3) is 0 Å². The largest absolute Gasteiger partial charge is 0.406 e. The zero-order valence-electron chi connectivity index (χ0n) is 12.5. The highest BCUT2D eigenvalue weighted by molar-refractivity contribution is 5.96. The van der Waals surface area contributed by atoms with Crippen molar-refractivity contribution >= 4 is 11.6 Å². The number of hydrogen-bond donors (Lipinski definition) is 1. The van der Waals surface area contributed by atoms with E-state index in [1.165, 1.54) is 6.07 Å². The van der Waals surface area contributed by atoms with Crippen LogP contribution in [0, 0.1) is 6.92 Å². The molecule has 0 aliphatic carbocycles. The van der Waals surface area contributed by atoms with Gasteiger partial charge in [0.05, 0.1) is 0 Å². The van der Waals surface area contributed by atoms with E-state index in [1.54, 1.807) is 32.9 Å². The van der Waals surface area contributed by atoms with Gasteiger partial charge in [0.25, 0.3) is 5.91 Å². The van der Waals surface area contributed by atoms with Gasteiger partial charge in [-0.05, 0) is 37.5 Å². The Hall–Kier alpha value is -1.72. The molecule has 1 amide bonds. The van der Waals surface area contributed by atoms with Crippen LogP contribution in [0.2, 0.25) is 0 Å². The first-order valence-corrected chi connectivity index (χ1v) is 6.93. The van der Waals surface area contributed by atoms with Crippen LogP contribution in [0.1, 0.15) is 42.6 Å². The minimum atomic E-state index is -4.42. The molecule has 1 aromatic rings. The summed E-state index contributed by atoms with van der Waals surface area (Å²) in [7, 11) is 0. The van der Waals surface area contributed by atoms with Gasteiger partial charge in [-0.15, -0.1) is 0 Å². The van der Waals surface area contributed by atoms with Crippen molar-refractivity contribution in [2.45, 2.75) is 45.8 Å². The number of rotatable bonds is 5. The molecule has 0 aliphatic rings. The van der Waals surface area contributed by atoms with Crippen LogP contribution in [0.15, 0.2) is 18.2 Å². The Kier molecular flexibility index (Phi) is 5.63. The second kappa shape index (κ2) is 6.83. The third kappa shape index (κ3) is 4.65. The number of aryl methyl sites for hydroxylation is 1. The van der Waals surface area contributed by atoms with Crippen LogP contribution in [-0.2, 0) is 0 Å². The minimum absolute atomic E-state index is 0.228. The van der Waals surface area contributed by atoms with Gasteiger partial charge < -0.3 is 10.6 Å².